The Balaban J connectivity index is 2.23. The second-order valence-electron chi connectivity index (χ2n) is 4.11. The van der Waals surface area contributed by atoms with Gasteiger partial charge < -0.3 is 4.74 Å². The lowest BCUT2D eigenvalue weighted by atomic mass is 10.0. The maximum Gasteiger partial charge on any atom is 0.302 e. The molecule has 2 aromatic rings. The van der Waals surface area contributed by atoms with Gasteiger partial charge in [0.15, 0.2) is 5.69 Å². The first-order valence-corrected chi connectivity index (χ1v) is 5.90. The minimum atomic E-state index is -0.289. The van der Waals surface area contributed by atoms with Gasteiger partial charge >= 0.3 is 5.97 Å². The van der Waals surface area contributed by atoms with Crippen LogP contribution in [-0.4, -0.2) is 5.97 Å². The lowest BCUT2D eigenvalue weighted by Gasteiger charge is -2.06. The number of hydrogen-bond donors (Lipinski definition) is 0. The molecule has 0 atom stereocenters. The molecule has 94 valence electrons. The Bertz CT molecular complexity index is 624. The summed E-state index contributed by atoms with van der Waals surface area (Å²) in [6.07, 6.45) is 0. The number of carbonyl (C=O) groups excluding carboxylic acids is 1. The molecule has 0 heterocycles. The van der Waals surface area contributed by atoms with Crippen molar-refractivity contribution in [3.8, 4) is 11.1 Å². The zero-order chi connectivity index (χ0) is 13.7. The van der Waals surface area contributed by atoms with E-state index in [2.05, 4.69) is 4.85 Å². The number of esters is 1. The van der Waals surface area contributed by atoms with Crippen LogP contribution >= 0.6 is 0 Å². The molecule has 0 aromatic heterocycles. The predicted molar refractivity (Wildman–Crippen MR) is 73.6 cm³/mol. The van der Waals surface area contributed by atoms with Gasteiger partial charge in [0.25, 0.3) is 0 Å². The van der Waals surface area contributed by atoms with E-state index in [9.17, 15) is 4.79 Å². The van der Waals surface area contributed by atoms with Gasteiger partial charge in [-0.1, -0.05) is 48.5 Å². The lowest BCUT2D eigenvalue weighted by Crippen LogP contribution is -1.98. The summed E-state index contributed by atoms with van der Waals surface area (Å²) in [7, 11) is 0. The van der Waals surface area contributed by atoms with Gasteiger partial charge in [-0.15, -0.1) is 0 Å². The molecule has 3 heteroatoms. The molecule has 3 nitrogen and oxygen atoms in total. The number of ether oxygens (including phenoxy) is 1. The van der Waals surface area contributed by atoms with Crippen molar-refractivity contribution in [2.45, 2.75) is 13.5 Å². The Labute approximate surface area is 112 Å². The van der Waals surface area contributed by atoms with Crippen molar-refractivity contribution in [3.63, 3.8) is 0 Å². The molecule has 0 fully saturated rings. The standard InChI is InChI=1S/C16H13NO2/c1-12(18)19-11-13-7-9-14(10-8-13)15-5-3-4-6-16(15)17-2/h3-10H,11H2,1H3. The number of para-hydroxylation sites is 1. The average Bonchev–Trinajstić information content (AvgIpc) is 2.45. The van der Waals surface area contributed by atoms with E-state index in [0.29, 0.717) is 5.69 Å². The van der Waals surface area contributed by atoms with E-state index in [4.69, 9.17) is 11.3 Å². The highest BCUT2D eigenvalue weighted by molar-refractivity contribution is 5.78. The van der Waals surface area contributed by atoms with E-state index in [1.165, 1.54) is 6.92 Å². The van der Waals surface area contributed by atoms with Gasteiger partial charge in [0.2, 0.25) is 0 Å². The largest absolute Gasteiger partial charge is 0.461 e. The number of rotatable bonds is 3. The average molecular weight is 251 g/mol. The third kappa shape index (κ3) is 3.20. The van der Waals surface area contributed by atoms with Crippen molar-refractivity contribution in [1.29, 1.82) is 0 Å². The van der Waals surface area contributed by atoms with Gasteiger partial charge in [-0.05, 0) is 16.7 Å². The second kappa shape index (κ2) is 5.83. The van der Waals surface area contributed by atoms with Gasteiger partial charge in [0.1, 0.15) is 6.61 Å². The number of hydrogen-bond acceptors (Lipinski definition) is 2. The van der Waals surface area contributed by atoms with Crippen LogP contribution in [0.4, 0.5) is 5.69 Å². The molecule has 0 aliphatic heterocycles. The third-order valence-corrected chi connectivity index (χ3v) is 2.73. The summed E-state index contributed by atoms with van der Waals surface area (Å²) >= 11 is 0. The fraction of sp³-hybridized carbons (Fsp3) is 0.125. The Morgan fingerprint density at radius 1 is 1.16 bits per heavy atom. The first kappa shape index (κ1) is 12.8. The van der Waals surface area contributed by atoms with Crippen molar-refractivity contribution in [2.75, 3.05) is 0 Å². The number of carbonyl (C=O) groups is 1. The smallest absolute Gasteiger partial charge is 0.302 e. The van der Waals surface area contributed by atoms with Crippen LogP contribution in [0.5, 0.6) is 0 Å². The highest BCUT2D eigenvalue weighted by Gasteiger charge is 2.04. The van der Waals surface area contributed by atoms with Crippen LogP contribution in [0.3, 0.4) is 0 Å². The van der Waals surface area contributed by atoms with Crippen LogP contribution in [-0.2, 0) is 16.1 Å². The monoisotopic (exact) mass is 251 g/mol. The van der Waals surface area contributed by atoms with Gasteiger partial charge in [0, 0.05) is 6.92 Å². The summed E-state index contributed by atoms with van der Waals surface area (Å²) in [6.45, 7) is 8.82. The second-order valence-corrected chi connectivity index (χ2v) is 4.11. The van der Waals surface area contributed by atoms with E-state index in [1.807, 2.05) is 42.5 Å². The van der Waals surface area contributed by atoms with Crippen LogP contribution in [0.2, 0.25) is 0 Å². The summed E-state index contributed by atoms with van der Waals surface area (Å²) in [6, 6.07) is 15.2. The Hall–Kier alpha value is -2.60. The highest BCUT2D eigenvalue weighted by atomic mass is 16.5. The SMILES string of the molecule is [C-]#[N+]c1ccccc1-c1ccc(COC(C)=O)cc1. The molecule has 0 N–H and O–H groups in total. The lowest BCUT2D eigenvalue weighted by molar-refractivity contribution is -0.142. The fourth-order valence-corrected chi connectivity index (χ4v) is 1.78. The fourth-order valence-electron chi connectivity index (χ4n) is 1.78. The molecule has 0 spiro atoms. The molecule has 0 aliphatic carbocycles. The number of nitrogens with zero attached hydrogens (tertiary/aromatic N) is 1. The van der Waals surface area contributed by atoms with Crippen molar-refractivity contribution >= 4 is 11.7 Å². The Morgan fingerprint density at radius 2 is 1.84 bits per heavy atom. The van der Waals surface area contributed by atoms with Crippen molar-refractivity contribution in [1.82, 2.24) is 0 Å². The number of benzene rings is 2. The molecule has 0 amide bonds. The van der Waals surface area contributed by atoms with E-state index in [1.54, 1.807) is 6.07 Å². The van der Waals surface area contributed by atoms with Crippen molar-refractivity contribution in [3.05, 3.63) is 65.5 Å². The first-order valence-electron chi connectivity index (χ1n) is 5.90. The molecule has 0 saturated heterocycles. The van der Waals surface area contributed by atoms with E-state index in [-0.39, 0.29) is 12.6 Å². The third-order valence-electron chi connectivity index (χ3n) is 2.73. The van der Waals surface area contributed by atoms with Crippen molar-refractivity contribution in [2.24, 2.45) is 0 Å². The quantitative estimate of drug-likeness (QED) is 0.610. The molecule has 0 bridgehead atoms. The Kier molecular flexibility index (Phi) is 3.94. The maximum atomic E-state index is 10.7. The molecule has 2 aromatic carbocycles. The summed E-state index contributed by atoms with van der Waals surface area (Å²) in [5.74, 6) is -0.289. The maximum absolute atomic E-state index is 10.7. The molecule has 0 saturated carbocycles. The van der Waals surface area contributed by atoms with Gasteiger partial charge in [0.05, 0.1) is 6.57 Å². The van der Waals surface area contributed by atoms with Gasteiger partial charge in [-0.2, -0.15) is 0 Å². The van der Waals surface area contributed by atoms with Crippen LogP contribution in [0.1, 0.15) is 12.5 Å². The minimum Gasteiger partial charge on any atom is -0.461 e. The van der Waals surface area contributed by atoms with Crippen molar-refractivity contribution < 1.29 is 9.53 Å². The molecular formula is C16H13NO2. The van der Waals surface area contributed by atoms with E-state index >= 15 is 0 Å². The molecule has 0 unspecified atom stereocenters. The first-order chi connectivity index (χ1) is 9.20. The molecular weight excluding hydrogens is 238 g/mol. The Morgan fingerprint density at radius 3 is 2.47 bits per heavy atom. The molecule has 0 radical (unpaired) electrons. The van der Waals surface area contributed by atoms with E-state index in [0.717, 1.165) is 16.7 Å². The van der Waals surface area contributed by atoms with Gasteiger partial charge in [-0.25, -0.2) is 4.85 Å². The van der Waals surface area contributed by atoms with Crippen LogP contribution in [0.25, 0.3) is 16.0 Å². The molecule has 0 aliphatic rings. The normalized spacial score (nSPS) is 9.68. The van der Waals surface area contributed by atoms with Crippen LogP contribution in [0, 0.1) is 6.57 Å². The highest BCUT2D eigenvalue weighted by Crippen LogP contribution is 2.30. The minimum absolute atomic E-state index is 0.278. The molecule has 19 heavy (non-hydrogen) atoms. The van der Waals surface area contributed by atoms with E-state index < -0.39 is 0 Å². The summed E-state index contributed by atoms with van der Waals surface area (Å²) in [4.78, 5) is 14.2. The predicted octanol–water partition coefficient (Wildman–Crippen LogP) is 3.97. The van der Waals surface area contributed by atoms with Crippen LogP contribution in [0.15, 0.2) is 48.5 Å². The topological polar surface area (TPSA) is 30.7 Å². The van der Waals surface area contributed by atoms with Crippen LogP contribution < -0.4 is 0 Å². The summed E-state index contributed by atoms with van der Waals surface area (Å²) < 4.78 is 4.93. The molecule has 2 rings (SSSR count). The zero-order valence-corrected chi connectivity index (χ0v) is 10.6. The zero-order valence-electron chi connectivity index (χ0n) is 10.6. The summed E-state index contributed by atoms with van der Waals surface area (Å²) in [5, 5.41) is 0. The van der Waals surface area contributed by atoms with Gasteiger partial charge in [-0.3, -0.25) is 4.79 Å². The summed E-state index contributed by atoms with van der Waals surface area (Å²) in [5.41, 5.74) is 3.46.